The maximum atomic E-state index is 12.4. The Morgan fingerprint density at radius 1 is 1.25 bits per heavy atom. The van der Waals surface area contributed by atoms with Crippen LogP contribution in [0.25, 0.3) is 0 Å². The largest absolute Gasteiger partial charge is 0.497 e. The summed E-state index contributed by atoms with van der Waals surface area (Å²) in [5.41, 5.74) is 0. The van der Waals surface area contributed by atoms with E-state index in [2.05, 4.69) is 17.5 Å². The molecule has 1 aliphatic heterocycles. The number of thiophene rings is 1. The van der Waals surface area contributed by atoms with Crippen LogP contribution in [0, 0.1) is 0 Å². The van der Waals surface area contributed by atoms with Gasteiger partial charge in [-0.2, -0.15) is 11.8 Å². The van der Waals surface area contributed by atoms with E-state index in [0.717, 1.165) is 31.0 Å². The average Bonchev–Trinajstić information content (AvgIpc) is 3.04. The van der Waals surface area contributed by atoms with Gasteiger partial charge < -0.3 is 14.4 Å². The summed E-state index contributed by atoms with van der Waals surface area (Å²) in [7, 11) is 1.61. The van der Waals surface area contributed by atoms with Gasteiger partial charge in [0.15, 0.2) is 6.61 Å². The summed E-state index contributed by atoms with van der Waals surface area (Å²) >= 11 is 3.74. The first-order chi connectivity index (χ1) is 11.8. The molecule has 0 radical (unpaired) electrons. The van der Waals surface area contributed by atoms with Crippen LogP contribution in [0.5, 0.6) is 11.5 Å². The molecule has 1 unspecified atom stereocenters. The third-order valence-electron chi connectivity index (χ3n) is 3.96. The molecule has 1 aliphatic rings. The van der Waals surface area contributed by atoms with Crippen molar-refractivity contribution in [1.82, 2.24) is 4.90 Å². The quantitative estimate of drug-likeness (QED) is 0.809. The summed E-state index contributed by atoms with van der Waals surface area (Å²) < 4.78 is 10.8. The van der Waals surface area contributed by atoms with Gasteiger partial charge in [0.05, 0.1) is 7.11 Å². The van der Waals surface area contributed by atoms with Crippen LogP contribution in [0.4, 0.5) is 0 Å². The van der Waals surface area contributed by atoms with Crippen LogP contribution in [-0.2, 0) is 4.79 Å². The van der Waals surface area contributed by atoms with Gasteiger partial charge >= 0.3 is 0 Å². The molecule has 2 heterocycles. The standard InChI is InChI=1S/C18H21NO3S2/c1-21-14-4-2-5-15(12-14)22-13-18(20)19-8-7-17(24-11-9-19)16-6-3-10-23-16/h2-6,10,12,17H,7-9,11,13H2,1H3. The van der Waals surface area contributed by atoms with Crippen molar-refractivity contribution in [2.45, 2.75) is 11.7 Å². The monoisotopic (exact) mass is 363 g/mol. The molecular weight excluding hydrogens is 342 g/mol. The van der Waals surface area contributed by atoms with E-state index in [0.29, 0.717) is 11.0 Å². The van der Waals surface area contributed by atoms with Crippen LogP contribution in [-0.4, -0.2) is 43.4 Å². The second kappa shape index (κ2) is 8.44. The molecule has 1 atom stereocenters. The minimum atomic E-state index is 0.0465. The number of rotatable bonds is 5. The van der Waals surface area contributed by atoms with Crippen molar-refractivity contribution in [3.8, 4) is 11.5 Å². The lowest BCUT2D eigenvalue weighted by Gasteiger charge is -2.20. The number of hydrogen-bond donors (Lipinski definition) is 0. The first kappa shape index (κ1) is 17.2. The lowest BCUT2D eigenvalue weighted by atomic mass is 10.2. The lowest BCUT2D eigenvalue weighted by Crippen LogP contribution is -2.36. The zero-order chi connectivity index (χ0) is 16.8. The molecule has 3 rings (SSSR count). The second-order valence-corrected chi connectivity index (χ2v) is 7.80. The second-order valence-electron chi connectivity index (χ2n) is 5.51. The highest BCUT2D eigenvalue weighted by Gasteiger charge is 2.22. The Hall–Kier alpha value is -1.66. The van der Waals surface area contributed by atoms with Crippen molar-refractivity contribution in [3.63, 3.8) is 0 Å². The highest BCUT2D eigenvalue weighted by molar-refractivity contribution is 7.99. The number of methoxy groups -OCH3 is 1. The van der Waals surface area contributed by atoms with E-state index in [-0.39, 0.29) is 12.5 Å². The number of nitrogens with zero attached hydrogens (tertiary/aromatic N) is 1. The van der Waals surface area contributed by atoms with Crippen molar-refractivity contribution in [2.75, 3.05) is 32.6 Å². The Labute approximate surface area is 150 Å². The number of thioether (sulfide) groups is 1. The molecule has 0 saturated carbocycles. The number of carbonyl (C=O) groups excluding carboxylic acids is 1. The number of hydrogen-bond acceptors (Lipinski definition) is 5. The van der Waals surface area contributed by atoms with E-state index >= 15 is 0 Å². The van der Waals surface area contributed by atoms with Crippen molar-refractivity contribution >= 4 is 29.0 Å². The highest BCUT2D eigenvalue weighted by atomic mass is 32.2. The Bertz CT molecular complexity index is 660. The third-order valence-corrected chi connectivity index (χ3v) is 6.40. The van der Waals surface area contributed by atoms with Gasteiger partial charge in [-0.3, -0.25) is 4.79 Å². The fourth-order valence-corrected chi connectivity index (χ4v) is 4.89. The Kier molecular flexibility index (Phi) is 6.04. The van der Waals surface area contributed by atoms with Gasteiger partial charge in [0.1, 0.15) is 11.5 Å². The average molecular weight is 364 g/mol. The van der Waals surface area contributed by atoms with Crippen molar-refractivity contribution in [3.05, 3.63) is 46.7 Å². The Morgan fingerprint density at radius 2 is 2.12 bits per heavy atom. The minimum absolute atomic E-state index is 0.0465. The van der Waals surface area contributed by atoms with Gasteiger partial charge in [-0.15, -0.1) is 11.3 Å². The summed E-state index contributed by atoms with van der Waals surface area (Å²) in [6.07, 6.45) is 0.996. The molecule has 128 valence electrons. The summed E-state index contributed by atoms with van der Waals surface area (Å²) in [6, 6.07) is 11.6. The summed E-state index contributed by atoms with van der Waals surface area (Å²) in [4.78, 5) is 15.8. The zero-order valence-electron chi connectivity index (χ0n) is 13.6. The maximum absolute atomic E-state index is 12.4. The lowest BCUT2D eigenvalue weighted by molar-refractivity contribution is -0.133. The van der Waals surface area contributed by atoms with Crippen molar-refractivity contribution in [2.24, 2.45) is 0 Å². The van der Waals surface area contributed by atoms with Crippen LogP contribution in [0.15, 0.2) is 41.8 Å². The van der Waals surface area contributed by atoms with Crippen LogP contribution in [0.1, 0.15) is 16.5 Å². The Balaban J connectivity index is 1.51. The van der Waals surface area contributed by atoms with Gasteiger partial charge in [-0.1, -0.05) is 12.1 Å². The van der Waals surface area contributed by atoms with E-state index in [1.807, 2.05) is 34.9 Å². The number of amides is 1. The van der Waals surface area contributed by atoms with E-state index < -0.39 is 0 Å². The fourth-order valence-electron chi connectivity index (χ4n) is 2.65. The van der Waals surface area contributed by atoms with E-state index in [1.165, 1.54) is 4.88 Å². The molecule has 1 amide bonds. The molecule has 0 spiro atoms. The van der Waals surface area contributed by atoms with Crippen molar-refractivity contribution in [1.29, 1.82) is 0 Å². The SMILES string of the molecule is COc1cccc(OCC(=O)N2CCSC(c3cccs3)CC2)c1. The van der Waals surface area contributed by atoms with Crippen LogP contribution >= 0.6 is 23.1 Å². The molecule has 0 bridgehead atoms. The fraction of sp³-hybridized carbons (Fsp3) is 0.389. The first-order valence-electron chi connectivity index (χ1n) is 7.96. The molecule has 4 nitrogen and oxygen atoms in total. The summed E-state index contributed by atoms with van der Waals surface area (Å²) in [5, 5.41) is 2.62. The topological polar surface area (TPSA) is 38.8 Å². The normalized spacial score (nSPS) is 18.0. The molecule has 1 aromatic heterocycles. The number of carbonyl (C=O) groups is 1. The summed E-state index contributed by atoms with van der Waals surface area (Å²) in [6.45, 7) is 1.64. The molecular formula is C18H21NO3S2. The van der Waals surface area contributed by atoms with Crippen LogP contribution in [0.2, 0.25) is 0 Å². The van der Waals surface area contributed by atoms with Gasteiger partial charge in [0.25, 0.3) is 5.91 Å². The molecule has 24 heavy (non-hydrogen) atoms. The van der Waals surface area contributed by atoms with Gasteiger partial charge in [0, 0.05) is 35.0 Å². The molecule has 1 saturated heterocycles. The predicted octanol–water partition coefficient (Wildman–Crippen LogP) is 3.84. The third kappa shape index (κ3) is 4.45. The molecule has 1 aromatic carbocycles. The van der Waals surface area contributed by atoms with E-state index in [9.17, 15) is 4.79 Å². The molecule has 0 N–H and O–H groups in total. The zero-order valence-corrected chi connectivity index (χ0v) is 15.3. The smallest absolute Gasteiger partial charge is 0.260 e. The molecule has 1 fully saturated rings. The Morgan fingerprint density at radius 3 is 2.92 bits per heavy atom. The highest BCUT2D eigenvalue weighted by Crippen LogP contribution is 2.36. The van der Waals surface area contributed by atoms with Gasteiger partial charge in [0.2, 0.25) is 0 Å². The van der Waals surface area contributed by atoms with Crippen molar-refractivity contribution < 1.29 is 14.3 Å². The summed E-state index contributed by atoms with van der Waals surface area (Å²) in [5.74, 6) is 2.39. The minimum Gasteiger partial charge on any atom is -0.497 e. The molecule has 0 aliphatic carbocycles. The van der Waals surface area contributed by atoms with Crippen LogP contribution < -0.4 is 9.47 Å². The van der Waals surface area contributed by atoms with Crippen LogP contribution in [0.3, 0.4) is 0 Å². The molecule has 2 aromatic rings. The maximum Gasteiger partial charge on any atom is 0.260 e. The van der Waals surface area contributed by atoms with Gasteiger partial charge in [-0.05, 0) is 30.0 Å². The number of benzene rings is 1. The van der Waals surface area contributed by atoms with E-state index in [1.54, 1.807) is 24.5 Å². The first-order valence-corrected chi connectivity index (χ1v) is 9.89. The van der Waals surface area contributed by atoms with Gasteiger partial charge in [-0.25, -0.2) is 0 Å². The van der Waals surface area contributed by atoms with E-state index in [4.69, 9.17) is 9.47 Å². The molecule has 6 heteroatoms. The number of ether oxygens (including phenoxy) is 2. The predicted molar refractivity (Wildman–Crippen MR) is 99.2 cm³/mol.